The zero-order chi connectivity index (χ0) is 16.9. The number of fused-ring (bicyclic) bond motifs is 2. The molecule has 1 amide bonds. The van der Waals surface area contributed by atoms with Gasteiger partial charge in [-0.2, -0.15) is 0 Å². The van der Waals surface area contributed by atoms with Crippen LogP contribution in [0.25, 0.3) is 0 Å². The minimum atomic E-state index is -0.517. The van der Waals surface area contributed by atoms with E-state index in [1.165, 1.54) is 19.5 Å². The predicted molar refractivity (Wildman–Crippen MR) is 97.0 cm³/mol. The topological polar surface area (TPSA) is 36.4 Å². The Balaban J connectivity index is 1.40. The maximum absolute atomic E-state index is 13.1. The molecule has 5 rings (SSSR count). The second-order valence-corrected chi connectivity index (χ2v) is 9.96. The summed E-state index contributed by atoms with van der Waals surface area (Å²) in [5, 5.41) is 0. The van der Waals surface area contributed by atoms with Crippen molar-refractivity contribution in [2.24, 2.45) is 11.8 Å². The normalized spacial score (nSPS) is 39.6. The first-order valence-corrected chi connectivity index (χ1v) is 9.84. The van der Waals surface area contributed by atoms with Gasteiger partial charge >= 0.3 is 0 Å². The molecule has 128 valence electrons. The molecule has 2 aliphatic carbocycles. The van der Waals surface area contributed by atoms with Crippen LogP contribution >= 0.6 is 15.9 Å². The highest BCUT2D eigenvalue weighted by Crippen LogP contribution is 2.53. The van der Waals surface area contributed by atoms with Crippen molar-refractivity contribution in [1.29, 1.82) is 0 Å². The van der Waals surface area contributed by atoms with Crippen molar-refractivity contribution in [3.8, 4) is 0 Å². The number of aromatic nitrogens is 1. The molecule has 0 aromatic carbocycles. The molecular formula is C19H24BrN3O. The number of piperidine rings is 1. The smallest absolute Gasteiger partial charge is 0.239 e. The van der Waals surface area contributed by atoms with Crippen LogP contribution in [-0.4, -0.2) is 40.5 Å². The number of likely N-dealkylation sites (tertiary alicyclic amines) is 1. The zero-order valence-electron chi connectivity index (χ0n) is 14.6. The lowest BCUT2D eigenvalue weighted by molar-refractivity contribution is -0.123. The monoisotopic (exact) mass is 389 g/mol. The molecule has 24 heavy (non-hydrogen) atoms. The minimum Gasteiger partial charge on any atom is -0.307 e. The lowest BCUT2D eigenvalue weighted by Gasteiger charge is -2.54. The van der Waals surface area contributed by atoms with Crippen LogP contribution in [0.3, 0.4) is 0 Å². The molecule has 3 heterocycles. The Morgan fingerprint density at radius 3 is 2.54 bits per heavy atom. The van der Waals surface area contributed by atoms with E-state index in [4.69, 9.17) is 0 Å². The first-order valence-electron chi connectivity index (χ1n) is 9.04. The quantitative estimate of drug-likeness (QED) is 0.777. The summed E-state index contributed by atoms with van der Waals surface area (Å²) in [5.74, 6) is 2.14. The number of pyridine rings is 1. The molecule has 3 fully saturated rings. The van der Waals surface area contributed by atoms with E-state index in [0.29, 0.717) is 6.04 Å². The van der Waals surface area contributed by atoms with Gasteiger partial charge in [-0.1, -0.05) is 0 Å². The molecule has 2 atom stereocenters. The molecule has 0 bridgehead atoms. The Labute approximate surface area is 151 Å². The molecule has 2 saturated carbocycles. The number of amides is 1. The van der Waals surface area contributed by atoms with Gasteiger partial charge in [0.15, 0.2) is 0 Å². The van der Waals surface area contributed by atoms with E-state index in [1.807, 2.05) is 18.7 Å². The molecule has 0 spiro atoms. The molecule has 5 heteroatoms. The van der Waals surface area contributed by atoms with Gasteiger partial charge in [-0.25, -0.2) is 0 Å². The number of hydrogen-bond acceptors (Lipinski definition) is 3. The average Bonchev–Trinajstić information content (AvgIpc) is 3.04. The summed E-state index contributed by atoms with van der Waals surface area (Å²) in [6, 6.07) is 2.38. The summed E-state index contributed by atoms with van der Waals surface area (Å²) < 4.78 is 0.943. The highest BCUT2D eigenvalue weighted by Gasteiger charge is 2.58. The molecule has 4 aliphatic rings. The lowest BCUT2D eigenvalue weighted by Crippen LogP contribution is -2.63. The Morgan fingerprint density at radius 2 is 1.88 bits per heavy atom. The maximum atomic E-state index is 13.1. The molecule has 1 aromatic heterocycles. The van der Waals surface area contributed by atoms with Crippen molar-refractivity contribution in [2.75, 3.05) is 18.0 Å². The average molecular weight is 390 g/mol. The van der Waals surface area contributed by atoms with Crippen LogP contribution in [-0.2, 0) is 10.2 Å². The fourth-order valence-electron chi connectivity index (χ4n) is 5.20. The van der Waals surface area contributed by atoms with Gasteiger partial charge in [0, 0.05) is 35.3 Å². The number of rotatable bonds is 2. The van der Waals surface area contributed by atoms with E-state index in [-0.39, 0.29) is 11.4 Å². The minimum absolute atomic E-state index is 0.208. The van der Waals surface area contributed by atoms with Crippen LogP contribution in [0.1, 0.15) is 45.7 Å². The number of carbonyl (C=O) groups excluding carboxylic acids is 1. The van der Waals surface area contributed by atoms with Crippen molar-refractivity contribution >= 4 is 27.5 Å². The van der Waals surface area contributed by atoms with Crippen LogP contribution in [0, 0.1) is 11.8 Å². The third-order valence-corrected chi connectivity index (χ3v) is 7.33. The fraction of sp³-hybridized carbons (Fsp3) is 0.684. The molecule has 2 aliphatic heterocycles. The van der Waals surface area contributed by atoms with E-state index in [1.54, 1.807) is 6.20 Å². The van der Waals surface area contributed by atoms with Gasteiger partial charge in [0.1, 0.15) is 0 Å². The second kappa shape index (κ2) is 4.61. The molecule has 0 radical (unpaired) electrons. The van der Waals surface area contributed by atoms with Crippen LogP contribution < -0.4 is 4.90 Å². The third-order valence-electron chi connectivity index (χ3n) is 6.90. The number of nitrogens with zero attached hydrogens (tertiary/aromatic N) is 3. The summed E-state index contributed by atoms with van der Waals surface area (Å²) in [6.07, 6.45) is 5.42. The van der Waals surface area contributed by atoms with Gasteiger partial charge in [-0.15, -0.1) is 0 Å². The first kappa shape index (κ1) is 15.3. The Kier molecular flexibility index (Phi) is 2.94. The number of carbonyl (C=O) groups is 1. The summed E-state index contributed by atoms with van der Waals surface area (Å²) in [5.41, 5.74) is 1.70. The van der Waals surface area contributed by atoms with E-state index >= 15 is 0 Å². The first-order chi connectivity index (χ1) is 11.3. The largest absolute Gasteiger partial charge is 0.307 e. The summed E-state index contributed by atoms with van der Waals surface area (Å²) >= 11 is 3.52. The fourth-order valence-corrected chi connectivity index (χ4v) is 5.52. The third kappa shape index (κ3) is 1.94. The second-order valence-electron chi connectivity index (χ2n) is 9.04. The molecule has 4 nitrogen and oxygen atoms in total. The van der Waals surface area contributed by atoms with Crippen molar-refractivity contribution in [3.63, 3.8) is 0 Å². The predicted octanol–water partition coefficient (Wildman–Crippen LogP) is 3.34. The summed E-state index contributed by atoms with van der Waals surface area (Å²) in [4.78, 5) is 22.4. The van der Waals surface area contributed by atoms with Crippen molar-refractivity contribution in [3.05, 3.63) is 22.4 Å². The van der Waals surface area contributed by atoms with Crippen LogP contribution in [0.4, 0.5) is 5.69 Å². The molecule has 0 N–H and O–H groups in total. The van der Waals surface area contributed by atoms with Gasteiger partial charge in [-0.3, -0.25) is 14.7 Å². The Bertz CT molecular complexity index is 730. The van der Waals surface area contributed by atoms with Gasteiger partial charge in [0.05, 0.1) is 16.8 Å². The highest BCUT2D eigenvalue weighted by molar-refractivity contribution is 9.10. The van der Waals surface area contributed by atoms with Crippen LogP contribution in [0.5, 0.6) is 0 Å². The van der Waals surface area contributed by atoms with Crippen molar-refractivity contribution < 1.29 is 4.79 Å². The van der Waals surface area contributed by atoms with Crippen molar-refractivity contribution in [2.45, 2.75) is 57.0 Å². The Hall–Kier alpha value is -0.940. The van der Waals surface area contributed by atoms with Gasteiger partial charge in [-0.05, 0) is 73.9 Å². The zero-order valence-corrected chi connectivity index (χ0v) is 16.1. The van der Waals surface area contributed by atoms with E-state index in [2.05, 4.69) is 38.8 Å². The van der Waals surface area contributed by atoms with Gasteiger partial charge in [0.25, 0.3) is 0 Å². The standard InChI is InChI=1S/C19H24BrN3O/c1-18(2)16-15(5-13(20)8-21-16)23(17(18)24)14-6-19(3,7-14)22-9-11-4-12(11)10-22/h5,8,11-12,14H,4,6-7,9-10H2,1-3H3/t11?,12?,14-,19+. The number of anilines is 1. The van der Waals surface area contributed by atoms with Gasteiger partial charge < -0.3 is 4.90 Å². The van der Waals surface area contributed by atoms with Crippen LogP contribution in [0.2, 0.25) is 0 Å². The number of hydrogen-bond donors (Lipinski definition) is 0. The molecule has 1 saturated heterocycles. The lowest BCUT2D eigenvalue weighted by atomic mass is 9.71. The van der Waals surface area contributed by atoms with E-state index in [0.717, 1.165) is 40.5 Å². The SMILES string of the molecule is CC1(C)C(=O)N([C@H]2C[C@@](C)(N3CC4CC4C3)C2)c2cc(Br)cnc21. The summed E-state index contributed by atoms with van der Waals surface area (Å²) in [6.45, 7) is 8.94. The van der Waals surface area contributed by atoms with Crippen molar-refractivity contribution in [1.82, 2.24) is 9.88 Å². The molecular weight excluding hydrogens is 366 g/mol. The summed E-state index contributed by atoms with van der Waals surface area (Å²) in [7, 11) is 0. The van der Waals surface area contributed by atoms with Gasteiger partial charge in [0.2, 0.25) is 5.91 Å². The highest BCUT2D eigenvalue weighted by atomic mass is 79.9. The maximum Gasteiger partial charge on any atom is 0.239 e. The van der Waals surface area contributed by atoms with Crippen LogP contribution in [0.15, 0.2) is 16.7 Å². The molecule has 1 aromatic rings. The molecule has 2 unspecified atom stereocenters. The Morgan fingerprint density at radius 1 is 1.21 bits per heavy atom. The van der Waals surface area contributed by atoms with E-state index in [9.17, 15) is 4.79 Å². The number of halogens is 1. The van der Waals surface area contributed by atoms with E-state index < -0.39 is 5.41 Å².